The van der Waals surface area contributed by atoms with Gasteiger partial charge >= 0.3 is 12.0 Å². The van der Waals surface area contributed by atoms with Crippen molar-refractivity contribution in [1.82, 2.24) is 15.6 Å². The smallest absolute Gasteiger partial charge is 0.339 e. The minimum atomic E-state index is -1.21. The van der Waals surface area contributed by atoms with Gasteiger partial charge in [-0.25, -0.2) is 14.6 Å². The average Bonchev–Trinajstić information content (AvgIpc) is 2.87. The molecule has 2 N–H and O–H groups in total. The summed E-state index contributed by atoms with van der Waals surface area (Å²) in [5.41, 5.74) is 3.71. The molecular formula is C26H24N4O6. The largest absolute Gasteiger partial charge is 0.449 e. The number of benzene rings is 2. The first-order chi connectivity index (χ1) is 17.3. The van der Waals surface area contributed by atoms with Gasteiger partial charge in [-0.2, -0.15) is 0 Å². The van der Waals surface area contributed by atoms with Crippen molar-refractivity contribution in [3.63, 3.8) is 0 Å². The summed E-state index contributed by atoms with van der Waals surface area (Å²) >= 11 is 0. The molecule has 4 rings (SSSR count). The maximum Gasteiger partial charge on any atom is 0.339 e. The predicted molar refractivity (Wildman–Crippen MR) is 133 cm³/mol. The van der Waals surface area contributed by atoms with Crippen LogP contribution in [0, 0.1) is 10.1 Å². The number of aromatic nitrogens is 1. The van der Waals surface area contributed by atoms with Crippen molar-refractivity contribution in [3.8, 4) is 0 Å². The topological polar surface area (TPSA) is 141 Å². The second-order valence-corrected chi connectivity index (χ2v) is 8.32. The number of ether oxygens (including phenoxy) is 1. The minimum absolute atomic E-state index is 0.0138. The fourth-order valence-corrected chi connectivity index (χ4v) is 4.19. The number of carbonyl (C=O) groups excluding carboxylic acids is 3. The van der Waals surface area contributed by atoms with E-state index in [1.54, 1.807) is 30.3 Å². The van der Waals surface area contributed by atoms with E-state index in [2.05, 4.69) is 10.6 Å². The van der Waals surface area contributed by atoms with E-state index >= 15 is 0 Å². The first kappa shape index (κ1) is 24.5. The number of hydrogen-bond acceptors (Lipinski definition) is 7. The molecule has 0 radical (unpaired) electrons. The molecule has 10 nitrogen and oxygen atoms in total. The summed E-state index contributed by atoms with van der Waals surface area (Å²) in [6, 6.07) is 12.8. The Hall–Kier alpha value is -4.60. The van der Waals surface area contributed by atoms with Gasteiger partial charge in [-0.05, 0) is 55.0 Å². The van der Waals surface area contributed by atoms with Gasteiger partial charge in [0.2, 0.25) is 0 Å². The zero-order valence-electron chi connectivity index (χ0n) is 19.7. The third-order valence-electron chi connectivity index (χ3n) is 5.91. The van der Waals surface area contributed by atoms with Gasteiger partial charge in [0.05, 0.1) is 21.7 Å². The van der Waals surface area contributed by atoms with Gasteiger partial charge < -0.3 is 10.1 Å². The standard InChI is InChI=1S/C26H24N4O6/c1-15(24(31)29-26(33)27-2)36-25(32)22-19-10-3-4-12-21(19)28-23-17(8-6-11-20(22)23)13-16-7-5-9-18(14-16)30(34)35/h3-5,7,9-10,12-15H,6,8,11H2,1-2H3,(H2,27,29,31,33)/b17-13-/t15-/m1/s1. The van der Waals surface area contributed by atoms with Crippen LogP contribution in [0.2, 0.25) is 0 Å². The zero-order valence-corrected chi connectivity index (χ0v) is 19.7. The number of rotatable bonds is 5. The highest BCUT2D eigenvalue weighted by Crippen LogP contribution is 2.36. The van der Waals surface area contributed by atoms with Crippen LogP contribution in [-0.4, -0.2) is 41.0 Å². The number of urea groups is 1. The van der Waals surface area contributed by atoms with E-state index in [0.717, 1.165) is 12.0 Å². The van der Waals surface area contributed by atoms with Gasteiger partial charge in [0, 0.05) is 24.6 Å². The lowest BCUT2D eigenvalue weighted by atomic mass is 9.86. The van der Waals surface area contributed by atoms with E-state index in [1.807, 2.05) is 12.1 Å². The molecule has 0 saturated heterocycles. The van der Waals surface area contributed by atoms with Crippen LogP contribution in [-0.2, 0) is 16.0 Å². The molecule has 1 aliphatic rings. The van der Waals surface area contributed by atoms with Gasteiger partial charge in [0.1, 0.15) is 0 Å². The molecule has 184 valence electrons. The maximum atomic E-state index is 13.4. The second-order valence-electron chi connectivity index (χ2n) is 8.32. The number of nitro groups is 1. The lowest BCUT2D eigenvalue weighted by Crippen LogP contribution is -2.43. The number of fused-ring (bicyclic) bond motifs is 2. The van der Waals surface area contributed by atoms with Gasteiger partial charge in [-0.3, -0.25) is 20.2 Å². The van der Waals surface area contributed by atoms with Crippen molar-refractivity contribution in [3.05, 3.63) is 81.0 Å². The van der Waals surface area contributed by atoms with Crippen molar-refractivity contribution in [2.24, 2.45) is 0 Å². The summed E-state index contributed by atoms with van der Waals surface area (Å²) < 4.78 is 5.46. The van der Waals surface area contributed by atoms with Crippen LogP contribution >= 0.6 is 0 Å². The first-order valence-electron chi connectivity index (χ1n) is 11.4. The molecule has 2 aromatic carbocycles. The number of para-hydroxylation sites is 1. The van der Waals surface area contributed by atoms with Crippen molar-refractivity contribution in [2.45, 2.75) is 32.3 Å². The van der Waals surface area contributed by atoms with Crippen LogP contribution < -0.4 is 10.6 Å². The van der Waals surface area contributed by atoms with Gasteiger partial charge in [-0.15, -0.1) is 0 Å². The summed E-state index contributed by atoms with van der Waals surface area (Å²) in [5.74, 6) is -1.44. The summed E-state index contributed by atoms with van der Waals surface area (Å²) in [5, 5.41) is 16.2. The SMILES string of the molecule is CNC(=O)NC(=O)[C@@H](C)OC(=O)c1c2c(nc3ccccc13)/C(=C\c1cccc([N+](=O)[O-])c1)CCC2. The van der Waals surface area contributed by atoms with Crippen LogP contribution in [0.4, 0.5) is 10.5 Å². The molecule has 3 amide bonds. The molecule has 3 aromatic rings. The van der Waals surface area contributed by atoms with Crippen LogP contribution in [0.3, 0.4) is 0 Å². The quantitative estimate of drug-likeness (QED) is 0.314. The van der Waals surface area contributed by atoms with E-state index in [4.69, 9.17) is 9.72 Å². The minimum Gasteiger partial charge on any atom is -0.449 e. The van der Waals surface area contributed by atoms with E-state index in [1.165, 1.54) is 26.1 Å². The maximum absolute atomic E-state index is 13.4. The van der Waals surface area contributed by atoms with Crippen LogP contribution in [0.5, 0.6) is 0 Å². The lowest BCUT2D eigenvalue weighted by Gasteiger charge is -2.23. The number of nitrogens with one attached hydrogen (secondary N) is 2. The number of nitrogens with zero attached hydrogens (tertiary/aromatic N) is 2. The van der Waals surface area contributed by atoms with Crippen LogP contribution in [0.1, 0.15) is 46.9 Å². The van der Waals surface area contributed by atoms with E-state index in [9.17, 15) is 24.5 Å². The summed E-state index contributed by atoms with van der Waals surface area (Å²) in [6.45, 7) is 1.39. The molecule has 0 unspecified atom stereocenters. The lowest BCUT2D eigenvalue weighted by molar-refractivity contribution is -0.384. The number of nitro benzene ring substituents is 1. The molecule has 1 aromatic heterocycles. The average molecular weight is 489 g/mol. The number of allylic oxidation sites excluding steroid dienone is 1. The predicted octanol–water partition coefficient (Wildman–Crippen LogP) is 4.02. The number of pyridine rings is 1. The van der Waals surface area contributed by atoms with E-state index < -0.39 is 28.9 Å². The molecule has 0 bridgehead atoms. The molecule has 0 aliphatic heterocycles. The van der Waals surface area contributed by atoms with Gasteiger partial charge in [-0.1, -0.05) is 30.3 Å². The number of non-ortho nitro benzene ring substituents is 1. The molecule has 1 heterocycles. The number of esters is 1. The van der Waals surface area contributed by atoms with Gasteiger partial charge in [0.15, 0.2) is 6.10 Å². The Labute approximate surface area is 206 Å². The summed E-state index contributed by atoms with van der Waals surface area (Å²) in [6.07, 6.45) is 2.63. The highest BCUT2D eigenvalue weighted by molar-refractivity contribution is 6.07. The Morgan fingerprint density at radius 1 is 1.14 bits per heavy atom. The number of hydrogen-bond donors (Lipinski definition) is 2. The Morgan fingerprint density at radius 3 is 2.67 bits per heavy atom. The third kappa shape index (κ3) is 5.07. The van der Waals surface area contributed by atoms with E-state index in [0.29, 0.717) is 46.1 Å². The molecule has 1 aliphatic carbocycles. The monoisotopic (exact) mass is 488 g/mol. The van der Waals surface area contributed by atoms with Crippen molar-refractivity contribution in [2.75, 3.05) is 7.05 Å². The molecule has 1 atom stereocenters. The number of carbonyl (C=O) groups is 3. The number of imide groups is 1. The normalized spacial score (nSPS) is 14.6. The van der Waals surface area contributed by atoms with Crippen LogP contribution in [0.25, 0.3) is 22.6 Å². The fraction of sp³-hybridized carbons (Fsp3) is 0.231. The van der Waals surface area contributed by atoms with Crippen molar-refractivity contribution >= 4 is 46.1 Å². The fourth-order valence-electron chi connectivity index (χ4n) is 4.19. The molecule has 0 saturated carbocycles. The first-order valence-corrected chi connectivity index (χ1v) is 11.4. The zero-order chi connectivity index (χ0) is 25.8. The van der Waals surface area contributed by atoms with Crippen molar-refractivity contribution in [1.29, 1.82) is 0 Å². The molecule has 10 heteroatoms. The Morgan fingerprint density at radius 2 is 1.92 bits per heavy atom. The molecular weight excluding hydrogens is 464 g/mol. The Kier molecular flexibility index (Phi) is 7.05. The molecule has 36 heavy (non-hydrogen) atoms. The molecule has 0 fully saturated rings. The van der Waals surface area contributed by atoms with E-state index in [-0.39, 0.29) is 5.69 Å². The van der Waals surface area contributed by atoms with Gasteiger partial charge in [0.25, 0.3) is 11.6 Å². The second kappa shape index (κ2) is 10.3. The third-order valence-corrected chi connectivity index (χ3v) is 5.91. The Balaban J connectivity index is 1.77. The molecule has 0 spiro atoms. The highest BCUT2D eigenvalue weighted by atomic mass is 16.6. The summed E-state index contributed by atoms with van der Waals surface area (Å²) in [4.78, 5) is 52.6. The number of amides is 3. The summed E-state index contributed by atoms with van der Waals surface area (Å²) in [7, 11) is 1.37. The van der Waals surface area contributed by atoms with Crippen molar-refractivity contribution < 1.29 is 24.0 Å². The highest BCUT2D eigenvalue weighted by Gasteiger charge is 2.28. The Bertz CT molecular complexity index is 1410. The van der Waals surface area contributed by atoms with Crippen LogP contribution in [0.15, 0.2) is 48.5 Å².